The molecule has 0 amide bonds. The van der Waals surface area contributed by atoms with E-state index in [-0.39, 0.29) is 0 Å². The Morgan fingerprint density at radius 2 is 1.80 bits per heavy atom. The lowest BCUT2D eigenvalue weighted by Crippen LogP contribution is -2.21. The van der Waals surface area contributed by atoms with Crippen LogP contribution in [-0.2, 0) is 6.54 Å². The normalized spacial score (nSPS) is 10.1. The quantitative estimate of drug-likeness (QED) is 0.411. The number of rotatable bonds is 5. The second-order valence-electron chi connectivity index (χ2n) is 3.32. The van der Waals surface area contributed by atoms with Crippen molar-refractivity contribution in [3.8, 4) is 0 Å². The molecule has 0 bridgehead atoms. The van der Waals surface area contributed by atoms with Crippen LogP contribution in [0.15, 0.2) is 29.4 Å². The number of hydrogen-bond acceptors (Lipinski definition) is 2. The van der Waals surface area contributed by atoms with Crippen LogP contribution in [0.1, 0.15) is 19.4 Å². The van der Waals surface area contributed by atoms with E-state index in [2.05, 4.69) is 28.8 Å². The van der Waals surface area contributed by atoms with E-state index >= 15 is 0 Å². The zero-order valence-corrected chi connectivity index (χ0v) is 9.22. The van der Waals surface area contributed by atoms with Crippen molar-refractivity contribution in [2.75, 3.05) is 13.1 Å². The maximum atomic E-state index is 8.26. The highest BCUT2D eigenvalue weighted by Gasteiger charge is 2.00. The van der Waals surface area contributed by atoms with Crippen LogP contribution >= 0.6 is 0 Å². The fourth-order valence-electron chi connectivity index (χ4n) is 1.43. The molecule has 1 aromatic carbocycles. The standard InChI is InChI=1S/C11H16N4/c1-3-15(4-2)9-10-5-7-11(8-6-10)13-14-12/h5-8H,3-4,9H2,1-2H3. The summed E-state index contributed by atoms with van der Waals surface area (Å²) in [4.78, 5) is 5.08. The highest BCUT2D eigenvalue weighted by atomic mass is 15.1. The highest BCUT2D eigenvalue weighted by Crippen LogP contribution is 2.14. The van der Waals surface area contributed by atoms with Crippen molar-refractivity contribution in [1.29, 1.82) is 0 Å². The monoisotopic (exact) mass is 204 g/mol. The van der Waals surface area contributed by atoms with Crippen molar-refractivity contribution < 1.29 is 0 Å². The Bertz CT molecular complexity index is 334. The van der Waals surface area contributed by atoms with Crippen molar-refractivity contribution in [3.63, 3.8) is 0 Å². The molecule has 80 valence electrons. The summed E-state index contributed by atoms with van der Waals surface area (Å²) in [6, 6.07) is 7.70. The minimum absolute atomic E-state index is 0.667. The van der Waals surface area contributed by atoms with Gasteiger partial charge in [0.25, 0.3) is 0 Å². The first kappa shape index (κ1) is 11.6. The minimum atomic E-state index is 0.667. The largest absolute Gasteiger partial charge is 0.300 e. The molecule has 0 heterocycles. The number of nitrogens with zero attached hydrogens (tertiary/aromatic N) is 4. The molecule has 0 atom stereocenters. The van der Waals surface area contributed by atoms with Crippen LogP contribution in [0.2, 0.25) is 0 Å². The Hall–Kier alpha value is -1.51. The topological polar surface area (TPSA) is 52.0 Å². The van der Waals surface area contributed by atoms with Gasteiger partial charge in [-0.2, -0.15) is 0 Å². The molecule has 0 fully saturated rings. The summed E-state index contributed by atoms with van der Waals surface area (Å²) in [5.74, 6) is 0. The molecule has 0 unspecified atom stereocenters. The van der Waals surface area contributed by atoms with Gasteiger partial charge in [-0.25, -0.2) is 0 Å². The molecule has 0 saturated carbocycles. The van der Waals surface area contributed by atoms with Crippen molar-refractivity contribution in [3.05, 3.63) is 40.3 Å². The lowest BCUT2D eigenvalue weighted by atomic mass is 10.2. The van der Waals surface area contributed by atoms with Gasteiger partial charge in [-0.3, -0.25) is 4.90 Å². The van der Waals surface area contributed by atoms with Gasteiger partial charge in [-0.15, -0.1) is 0 Å². The Balaban J connectivity index is 2.67. The number of hydrogen-bond donors (Lipinski definition) is 0. The Kier molecular flexibility index (Phi) is 4.68. The van der Waals surface area contributed by atoms with Crippen LogP contribution in [0.4, 0.5) is 5.69 Å². The van der Waals surface area contributed by atoms with E-state index in [1.54, 1.807) is 0 Å². The molecule has 0 radical (unpaired) electrons. The predicted octanol–water partition coefficient (Wildman–Crippen LogP) is 3.47. The second kappa shape index (κ2) is 6.06. The van der Waals surface area contributed by atoms with Gasteiger partial charge in [0.15, 0.2) is 0 Å². The van der Waals surface area contributed by atoms with E-state index in [1.165, 1.54) is 5.56 Å². The van der Waals surface area contributed by atoms with Crippen LogP contribution in [0.3, 0.4) is 0 Å². The lowest BCUT2D eigenvalue weighted by Gasteiger charge is -2.17. The van der Waals surface area contributed by atoms with E-state index in [0.717, 1.165) is 19.6 Å². The van der Waals surface area contributed by atoms with Gasteiger partial charge in [0.1, 0.15) is 0 Å². The van der Waals surface area contributed by atoms with Crippen LogP contribution in [0.25, 0.3) is 10.4 Å². The first-order chi connectivity index (χ1) is 7.30. The average Bonchev–Trinajstić information content (AvgIpc) is 2.28. The molecular formula is C11H16N4. The Morgan fingerprint density at radius 1 is 1.20 bits per heavy atom. The zero-order valence-electron chi connectivity index (χ0n) is 9.22. The van der Waals surface area contributed by atoms with Crippen LogP contribution in [0.5, 0.6) is 0 Å². The van der Waals surface area contributed by atoms with Crippen LogP contribution in [0, 0.1) is 0 Å². The van der Waals surface area contributed by atoms with Gasteiger partial charge >= 0.3 is 0 Å². The van der Waals surface area contributed by atoms with Crippen molar-refractivity contribution >= 4 is 5.69 Å². The molecular weight excluding hydrogens is 188 g/mol. The molecule has 4 nitrogen and oxygen atoms in total. The summed E-state index contributed by atoms with van der Waals surface area (Å²) in [6.45, 7) is 7.35. The molecule has 0 N–H and O–H groups in total. The van der Waals surface area contributed by atoms with Crippen LogP contribution < -0.4 is 0 Å². The zero-order chi connectivity index (χ0) is 11.1. The number of benzene rings is 1. The maximum absolute atomic E-state index is 8.26. The van der Waals surface area contributed by atoms with Gasteiger partial charge in [-0.05, 0) is 24.2 Å². The SMILES string of the molecule is CCN(CC)Cc1ccc(N=[N+]=[N-])cc1. The molecule has 4 heteroatoms. The second-order valence-corrected chi connectivity index (χ2v) is 3.32. The third kappa shape index (κ3) is 3.62. The predicted molar refractivity (Wildman–Crippen MR) is 61.9 cm³/mol. The molecule has 1 aromatic rings. The summed E-state index contributed by atoms with van der Waals surface area (Å²) in [7, 11) is 0. The summed E-state index contributed by atoms with van der Waals surface area (Å²) in [5, 5.41) is 3.53. The third-order valence-electron chi connectivity index (χ3n) is 2.40. The van der Waals surface area contributed by atoms with Gasteiger partial charge in [-0.1, -0.05) is 43.2 Å². The van der Waals surface area contributed by atoms with E-state index in [0.29, 0.717) is 5.69 Å². The molecule has 0 aliphatic carbocycles. The maximum Gasteiger partial charge on any atom is 0.0375 e. The highest BCUT2D eigenvalue weighted by molar-refractivity contribution is 5.38. The average molecular weight is 204 g/mol. The van der Waals surface area contributed by atoms with E-state index < -0.39 is 0 Å². The van der Waals surface area contributed by atoms with Crippen molar-refractivity contribution in [1.82, 2.24) is 4.90 Å². The summed E-state index contributed by atoms with van der Waals surface area (Å²) in [5.41, 5.74) is 10.2. The third-order valence-corrected chi connectivity index (χ3v) is 2.40. The Labute approximate surface area is 90.1 Å². The first-order valence-corrected chi connectivity index (χ1v) is 5.16. The summed E-state index contributed by atoms with van der Waals surface area (Å²) in [6.07, 6.45) is 0. The van der Waals surface area contributed by atoms with Gasteiger partial charge < -0.3 is 0 Å². The van der Waals surface area contributed by atoms with Gasteiger partial charge in [0.05, 0.1) is 0 Å². The molecule has 0 aliphatic rings. The molecule has 15 heavy (non-hydrogen) atoms. The van der Waals surface area contributed by atoms with Gasteiger partial charge in [0.2, 0.25) is 0 Å². The fourth-order valence-corrected chi connectivity index (χ4v) is 1.43. The molecule has 0 saturated heterocycles. The summed E-state index contributed by atoms with van der Waals surface area (Å²) < 4.78 is 0. The summed E-state index contributed by atoms with van der Waals surface area (Å²) >= 11 is 0. The van der Waals surface area contributed by atoms with E-state index in [9.17, 15) is 0 Å². The molecule has 0 aromatic heterocycles. The first-order valence-electron chi connectivity index (χ1n) is 5.16. The van der Waals surface area contributed by atoms with E-state index in [4.69, 9.17) is 5.53 Å². The number of azide groups is 1. The van der Waals surface area contributed by atoms with Gasteiger partial charge in [0, 0.05) is 17.1 Å². The molecule has 0 aliphatic heterocycles. The van der Waals surface area contributed by atoms with E-state index in [1.807, 2.05) is 24.3 Å². The van der Waals surface area contributed by atoms with Crippen molar-refractivity contribution in [2.45, 2.75) is 20.4 Å². The molecule has 0 spiro atoms. The lowest BCUT2D eigenvalue weighted by molar-refractivity contribution is 0.296. The van der Waals surface area contributed by atoms with Crippen LogP contribution in [-0.4, -0.2) is 18.0 Å². The smallest absolute Gasteiger partial charge is 0.0375 e. The Morgan fingerprint density at radius 3 is 2.27 bits per heavy atom. The van der Waals surface area contributed by atoms with Crippen molar-refractivity contribution in [2.24, 2.45) is 5.11 Å². The fraction of sp³-hybridized carbons (Fsp3) is 0.455. The molecule has 1 rings (SSSR count). The minimum Gasteiger partial charge on any atom is -0.300 e.